The molecule has 0 bridgehead atoms. The van der Waals surface area contributed by atoms with E-state index < -0.39 is 5.91 Å². The minimum absolute atomic E-state index is 0.00210. The van der Waals surface area contributed by atoms with E-state index >= 15 is 0 Å². The van der Waals surface area contributed by atoms with Gasteiger partial charge in [-0.1, -0.05) is 6.92 Å². The Morgan fingerprint density at radius 3 is 2.89 bits per heavy atom. The molecule has 6 nitrogen and oxygen atoms in total. The summed E-state index contributed by atoms with van der Waals surface area (Å²) in [7, 11) is 0. The Kier molecular flexibility index (Phi) is 3.70. The summed E-state index contributed by atoms with van der Waals surface area (Å²) >= 11 is 0. The van der Waals surface area contributed by atoms with Crippen LogP contribution in [0.5, 0.6) is 11.5 Å². The number of phenols is 2. The number of aryl methyl sites for hydroxylation is 1. The van der Waals surface area contributed by atoms with Crippen LogP contribution < -0.4 is 5.32 Å². The zero-order valence-corrected chi connectivity index (χ0v) is 10.4. The fraction of sp³-hybridized carbons (Fsp3) is 0.231. The van der Waals surface area contributed by atoms with Crippen molar-refractivity contribution in [1.82, 2.24) is 10.3 Å². The van der Waals surface area contributed by atoms with Crippen molar-refractivity contribution in [1.29, 1.82) is 0 Å². The molecule has 0 radical (unpaired) electrons. The maximum absolute atomic E-state index is 11.8. The van der Waals surface area contributed by atoms with Crippen molar-refractivity contribution in [3.63, 3.8) is 0 Å². The summed E-state index contributed by atoms with van der Waals surface area (Å²) in [6.45, 7) is 2.06. The van der Waals surface area contributed by atoms with E-state index in [9.17, 15) is 15.0 Å². The monoisotopic (exact) mass is 262 g/mol. The van der Waals surface area contributed by atoms with Crippen LogP contribution in [0.1, 0.15) is 28.9 Å². The normalized spacial score (nSPS) is 10.4. The van der Waals surface area contributed by atoms with Gasteiger partial charge in [-0.2, -0.15) is 0 Å². The number of benzene rings is 1. The number of rotatable bonds is 4. The number of phenolic OH excluding ortho intramolecular Hbond substituents is 2. The first-order valence-electron chi connectivity index (χ1n) is 5.84. The third kappa shape index (κ3) is 3.04. The number of hydrogen-bond donors (Lipinski definition) is 3. The van der Waals surface area contributed by atoms with Crippen molar-refractivity contribution < 1.29 is 19.4 Å². The maximum Gasteiger partial charge on any atom is 0.255 e. The summed E-state index contributed by atoms with van der Waals surface area (Å²) in [5, 5.41) is 21.4. The summed E-state index contributed by atoms with van der Waals surface area (Å²) in [6, 6.07) is 3.75. The van der Waals surface area contributed by atoms with Crippen LogP contribution >= 0.6 is 0 Å². The maximum atomic E-state index is 11.8. The van der Waals surface area contributed by atoms with Crippen LogP contribution in [-0.4, -0.2) is 21.1 Å². The van der Waals surface area contributed by atoms with E-state index in [4.69, 9.17) is 4.42 Å². The largest absolute Gasteiger partial charge is 0.508 e. The van der Waals surface area contributed by atoms with E-state index in [0.717, 1.165) is 12.2 Å². The number of nitrogens with zero attached hydrogens (tertiary/aromatic N) is 1. The third-order valence-electron chi connectivity index (χ3n) is 2.57. The zero-order chi connectivity index (χ0) is 13.8. The predicted molar refractivity (Wildman–Crippen MR) is 66.8 cm³/mol. The molecule has 0 saturated carbocycles. The molecule has 1 aromatic heterocycles. The summed E-state index contributed by atoms with van der Waals surface area (Å²) < 4.78 is 5.34. The van der Waals surface area contributed by atoms with Crippen molar-refractivity contribution in [2.45, 2.75) is 19.9 Å². The number of hydrogen-bond acceptors (Lipinski definition) is 5. The van der Waals surface area contributed by atoms with Gasteiger partial charge in [0.05, 0.1) is 18.3 Å². The minimum Gasteiger partial charge on any atom is -0.508 e. The second kappa shape index (κ2) is 5.43. The molecule has 2 rings (SSSR count). The first-order valence-corrected chi connectivity index (χ1v) is 5.84. The van der Waals surface area contributed by atoms with Gasteiger partial charge in [0.2, 0.25) is 5.89 Å². The molecule has 19 heavy (non-hydrogen) atoms. The van der Waals surface area contributed by atoms with Crippen molar-refractivity contribution in [2.75, 3.05) is 0 Å². The summed E-state index contributed by atoms with van der Waals surface area (Å²) in [5.41, 5.74) is 0.00210. The Morgan fingerprint density at radius 2 is 2.21 bits per heavy atom. The van der Waals surface area contributed by atoms with Gasteiger partial charge >= 0.3 is 0 Å². The lowest BCUT2D eigenvalue weighted by Crippen LogP contribution is -2.23. The molecule has 1 heterocycles. The standard InChI is InChI=1S/C13H14N2O4/c1-2-9-6-14-12(19-9)7-15-13(18)10-5-8(16)3-4-11(10)17/h3-6,16-17H,2,7H2,1H3,(H,15,18). The van der Waals surface area contributed by atoms with Crippen LogP contribution in [0.15, 0.2) is 28.8 Å². The van der Waals surface area contributed by atoms with Crippen LogP contribution in [0, 0.1) is 0 Å². The molecule has 0 spiro atoms. The van der Waals surface area contributed by atoms with Crippen molar-refractivity contribution in [2.24, 2.45) is 0 Å². The first-order chi connectivity index (χ1) is 9.10. The van der Waals surface area contributed by atoms with E-state index in [0.29, 0.717) is 5.89 Å². The minimum atomic E-state index is -0.510. The second-order valence-corrected chi connectivity index (χ2v) is 3.96. The number of aromatic nitrogens is 1. The number of amides is 1. The molecular weight excluding hydrogens is 248 g/mol. The molecule has 0 fully saturated rings. The quantitative estimate of drug-likeness (QED) is 0.727. The molecule has 1 aromatic carbocycles. The Labute approximate surface area is 109 Å². The lowest BCUT2D eigenvalue weighted by atomic mass is 10.2. The summed E-state index contributed by atoms with van der Waals surface area (Å²) in [4.78, 5) is 15.8. The molecule has 0 atom stereocenters. The highest BCUT2D eigenvalue weighted by molar-refractivity contribution is 5.97. The molecule has 0 unspecified atom stereocenters. The SMILES string of the molecule is CCc1cnc(CNC(=O)c2cc(O)ccc2O)o1. The van der Waals surface area contributed by atoms with Gasteiger partial charge in [0, 0.05) is 6.42 Å². The van der Waals surface area contributed by atoms with Crippen LogP contribution in [-0.2, 0) is 13.0 Å². The topological polar surface area (TPSA) is 95.6 Å². The highest BCUT2D eigenvalue weighted by Crippen LogP contribution is 2.21. The molecule has 1 amide bonds. The van der Waals surface area contributed by atoms with E-state index in [-0.39, 0.29) is 23.6 Å². The molecule has 0 aliphatic heterocycles. The second-order valence-electron chi connectivity index (χ2n) is 3.96. The average molecular weight is 262 g/mol. The highest BCUT2D eigenvalue weighted by Gasteiger charge is 2.12. The molecule has 0 saturated heterocycles. The summed E-state index contributed by atoms with van der Waals surface area (Å²) in [6.07, 6.45) is 2.33. The number of carbonyl (C=O) groups excluding carboxylic acids is 1. The first kappa shape index (κ1) is 12.9. The Balaban J connectivity index is 2.03. The molecule has 0 aliphatic carbocycles. The smallest absolute Gasteiger partial charge is 0.255 e. The van der Waals surface area contributed by atoms with Gasteiger partial charge in [-0.15, -0.1) is 0 Å². The van der Waals surface area contributed by atoms with Gasteiger partial charge in [0.25, 0.3) is 5.91 Å². The number of oxazole rings is 1. The molecular formula is C13H14N2O4. The lowest BCUT2D eigenvalue weighted by Gasteiger charge is -2.05. The van der Waals surface area contributed by atoms with Gasteiger partial charge in [-0.25, -0.2) is 4.98 Å². The number of aromatic hydroxyl groups is 2. The fourth-order valence-corrected chi connectivity index (χ4v) is 1.55. The van der Waals surface area contributed by atoms with E-state index in [1.807, 2.05) is 6.92 Å². The van der Waals surface area contributed by atoms with Gasteiger partial charge in [0.15, 0.2) is 0 Å². The van der Waals surface area contributed by atoms with Crippen LogP contribution in [0.2, 0.25) is 0 Å². The third-order valence-corrected chi connectivity index (χ3v) is 2.57. The van der Waals surface area contributed by atoms with Crippen molar-refractivity contribution >= 4 is 5.91 Å². The van der Waals surface area contributed by atoms with Crippen LogP contribution in [0.3, 0.4) is 0 Å². The summed E-state index contributed by atoms with van der Waals surface area (Å²) in [5.74, 6) is 0.336. The highest BCUT2D eigenvalue weighted by atomic mass is 16.4. The van der Waals surface area contributed by atoms with E-state index in [2.05, 4.69) is 10.3 Å². The molecule has 6 heteroatoms. The average Bonchev–Trinajstić information content (AvgIpc) is 2.87. The van der Waals surface area contributed by atoms with Crippen molar-refractivity contribution in [3.05, 3.63) is 41.6 Å². The lowest BCUT2D eigenvalue weighted by molar-refractivity contribution is 0.0944. The fourth-order valence-electron chi connectivity index (χ4n) is 1.55. The van der Waals surface area contributed by atoms with Gasteiger partial charge in [-0.3, -0.25) is 4.79 Å². The Bertz CT molecular complexity index is 592. The van der Waals surface area contributed by atoms with E-state index in [1.165, 1.54) is 18.2 Å². The van der Waals surface area contributed by atoms with Crippen LogP contribution in [0.4, 0.5) is 0 Å². The number of nitrogens with one attached hydrogen (secondary N) is 1. The molecule has 3 N–H and O–H groups in total. The van der Waals surface area contributed by atoms with Gasteiger partial charge in [-0.05, 0) is 18.2 Å². The Morgan fingerprint density at radius 1 is 1.42 bits per heavy atom. The Hall–Kier alpha value is -2.50. The van der Waals surface area contributed by atoms with E-state index in [1.54, 1.807) is 6.20 Å². The van der Waals surface area contributed by atoms with Gasteiger partial charge < -0.3 is 19.9 Å². The number of carbonyl (C=O) groups is 1. The predicted octanol–water partition coefficient (Wildman–Crippen LogP) is 1.58. The zero-order valence-electron chi connectivity index (χ0n) is 10.4. The molecule has 0 aliphatic rings. The van der Waals surface area contributed by atoms with Crippen LogP contribution in [0.25, 0.3) is 0 Å². The van der Waals surface area contributed by atoms with Gasteiger partial charge in [0.1, 0.15) is 17.3 Å². The molecule has 100 valence electrons. The molecule has 2 aromatic rings. The van der Waals surface area contributed by atoms with Crippen molar-refractivity contribution in [3.8, 4) is 11.5 Å².